The fraction of sp³-hybridized carbons (Fsp3) is 0.471. The van der Waals surface area contributed by atoms with E-state index in [1.807, 2.05) is 19.3 Å². The van der Waals surface area contributed by atoms with Crippen LogP contribution < -0.4 is 10.1 Å². The van der Waals surface area contributed by atoms with Crippen LogP contribution in [0.4, 0.5) is 0 Å². The Kier molecular flexibility index (Phi) is 5.36. The number of fused-ring (bicyclic) bond motifs is 1. The van der Waals surface area contributed by atoms with Crippen LogP contribution in [0.1, 0.15) is 32.3 Å². The minimum atomic E-state index is 0.723. The van der Waals surface area contributed by atoms with E-state index in [0.29, 0.717) is 0 Å². The van der Waals surface area contributed by atoms with E-state index in [1.54, 1.807) is 0 Å². The number of hydrogen-bond acceptors (Lipinski definition) is 3. The molecule has 1 N–H and O–H groups in total. The van der Waals surface area contributed by atoms with Crippen LogP contribution in [-0.4, -0.2) is 18.6 Å². The van der Waals surface area contributed by atoms with Gasteiger partial charge in [0.15, 0.2) is 0 Å². The lowest BCUT2D eigenvalue weighted by molar-refractivity contribution is 0.290. The topological polar surface area (TPSA) is 34.2 Å². The molecule has 2 rings (SSSR count). The predicted octanol–water partition coefficient (Wildman–Crippen LogP) is 3.77. The molecule has 0 saturated carbocycles. The summed E-state index contributed by atoms with van der Waals surface area (Å²) in [6.45, 7) is 6.03. The van der Waals surface area contributed by atoms with Crippen molar-refractivity contribution in [1.29, 1.82) is 0 Å². The number of pyridine rings is 1. The maximum Gasteiger partial charge on any atom is 0.221 e. The van der Waals surface area contributed by atoms with E-state index < -0.39 is 0 Å². The van der Waals surface area contributed by atoms with Gasteiger partial charge in [-0.2, -0.15) is 0 Å². The molecule has 0 radical (unpaired) electrons. The fourth-order valence-corrected chi connectivity index (χ4v) is 2.33. The van der Waals surface area contributed by atoms with Crippen molar-refractivity contribution >= 4 is 10.8 Å². The maximum atomic E-state index is 5.87. The van der Waals surface area contributed by atoms with E-state index in [4.69, 9.17) is 4.74 Å². The third kappa shape index (κ3) is 3.70. The number of benzene rings is 1. The van der Waals surface area contributed by atoms with Crippen LogP contribution in [0.15, 0.2) is 30.5 Å². The van der Waals surface area contributed by atoms with E-state index in [-0.39, 0.29) is 0 Å². The smallest absolute Gasteiger partial charge is 0.221 e. The maximum absolute atomic E-state index is 5.87. The van der Waals surface area contributed by atoms with Gasteiger partial charge in [-0.05, 0) is 42.8 Å². The zero-order valence-corrected chi connectivity index (χ0v) is 12.6. The molecule has 1 aromatic carbocycles. The van der Waals surface area contributed by atoms with E-state index in [2.05, 4.69) is 42.3 Å². The molecule has 0 saturated heterocycles. The number of ether oxygens (including phenoxy) is 1. The molecule has 20 heavy (non-hydrogen) atoms. The zero-order chi connectivity index (χ0) is 14.4. The van der Waals surface area contributed by atoms with Gasteiger partial charge in [0, 0.05) is 18.1 Å². The van der Waals surface area contributed by atoms with Crippen LogP contribution in [0.3, 0.4) is 0 Å². The Morgan fingerprint density at radius 3 is 2.65 bits per heavy atom. The molecule has 0 unspecified atom stereocenters. The Bertz CT molecular complexity index is 552. The summed E-state index contributed by atoms with van der Waals surface area (Å²) in [5, 5.41) is 5.50. The molecular weight excluding hydrogens is 248 g/mol. The van der Waals surface area contributed by atoms with Gasteiger partial charge < -0.3 is 10.1 Å². The molecular formula is C17H24N2O. The molecule has 0 aliphatic rings. The highest BCUT2D eigenvalue weighted by Gasteiger charge is 2.07. The van der Waals surface area contributed by atoms with E-state index in [1.165, 1.54) is 17.4 Å². The second-order valence-corrected chi connectivity index (χ2v) is 5.55. The van der Waals surface area contributed by atoms with Crippen LogP contribution >= 0.6 is 0 Å². The molecule has 0 aliphatic heterocycles. The van der Waals surface area contributed by atoms with Gasteiger partial charge in [0.05, 0.1) is 6.61 Å². The molecule has 0 bridgehead atoms. The Morgan fingerprint density at radius 2 is 1.95 bits per heavy atom. The lowest BCUT2D eigenvalue weighted by atomic mass is 10.1. The molecule has 3 nitrogen and oxygen atoms in total. The number of nitrogens with zero attached hydrogens (tertiary/aromatic N) is 1. The molecule has 0 aliphatic carbocycles. The predicted molar refractivity (Wildman–Crippen MR) is 84.1 cm³/mol. The van der Waals surface area contributed by atoms with Gasteiger partial charge in [-0.3, -0.25) is 0 Å². The Hall–Kier alpha value is -1.61. The first kappa shape index (κ1) is 14.8. The summed E-state index contributed by atoms with van der Waals surface area (Å²) in [5.74, 6) is 1.48. The van der Waals surface area contributed by atoms with Gasteiger partial charge in [-0.25, -0.2) is 4.98 Å². The summed E-state index contributed by atoms with van der Waals surface area (Å²) in [7, 11) is 1.95. The van der Waals surface area contributed by atoms with E-state index in [0.717, 1.165) is 36.8 Å². The quantitative estimate of drug-likeness (QED) is 0.779. The van der Waals surface area contributed by atoms with Crippen molar-refractivity contribution in [3.8, 4) is 5.88 Å². The Morgan fingerprint density at radius 1 is 1.20 bits per heavy atom. The lowest BCUT2D eigenvalue weighted by Gasteiger charge is -2.12. The molecule has 0 fully saturated rings. The minimum Gasteiger partial charge on any atom is -0.477 e. The first-order valence-electron chi connectivity index (χ1n) is 7.36. The van der Waals surface area contributed by atoms with Gasteiger partial charge in [-0.1, -0.05) is 32.0 Å². The number of hydrogen-bond donors (Lipinski definition) is 1. The van der Waals surface area contributed by atoms with Crippen LogP contribution in [0.25, 0.3) is 10.8 Å². The number of aromatic nitrogens is 1. The highest BCUT2D eigenvalue weighted by Crippen LogP contribution is 2.26. The van der Waals surface area contributed by atoms with E-state index in [9.17, 15) is 0 Å². The highest BCUT2D eigenvalue weighted by molar-refractivity contribution is 5.89. The Labute approximate surface area is 121 Å². The first-order valence-corrected chi connectivity index (χ1v) is 7.36. The third-order valence-corrected chi connectivity index (χ3v) is 3.37. The van der Waals surface area contributed by atoms with Crippen molar-refractivity contribution in [2.24, 2.45) is 5.92 Å². The average Bonchev–Trinajstić information content (AvgIpc) is 2.45. The van der Waals surface area contributed by atoms with Gasteiger partial charge in [0.1, 0.15) is 0 Å². The monoisotopic (exact) mass is 272 g/mol. The zero-order valence-electron chi connectivity index (χ0n) is 12.6. The van der Waals surface area contributed by atoms with Crippen LogP contribution in [0.2, 0.25) is 0 Å². The summed E-state index contributed by atoms with van der Waals surface area (Å²) in [5.41, 5.74) is 1.21. The van der Waals surface area contributed by atoms with Gasteiger partial charge >= 0.3 is 0 Å². The SMILES string of the molecule is CNCc1cnc(OCCCC(C)C)c2ccccc12. The molecule has 3 heteroatoms. The van der Waals surface area contributed by atoms with Crippen LogP contribution in [-0.2, 0) is 6.54 Å². The number of nitrogens with one attached hydrogen (secondary N) is 1. The largest absolute Gasteiger partial charge is 0.477 e. The van der Waals surface area contributed by atoms with Crippen molar-refractivity contribution in [1.82, 2.24) is 10.3 Å². The van der Waals surface area contributed by atoms with Gasteiger partial charge in [-0.15, -0.1) is 0 Å². The third-order valence-electron chi connectivity index (χ3n) is 3.37. The highest BCUT2D eigenvalue weighted by atomic mass is 16.5. The van der Waals surface area contributed by atoms with E-state index >= 15 is 0 Å². The van der Waals surface area contributed by atoms with Gasteiger partial charge in [0.25, 0.3) is 0 Å². The summed E-state index contributed by atoms with van der Waals surface area (Å²) in [4.78, 5) is 4.48. The van der Waals surface area contributed by atoms with Crippen molar-refractivity contribution in [2.75, 3.05) is 13.7 Å². The summed E-state index contributed by atoms with van der Waals surface area (Å²) in [6.07, 6.45) is 4.18. The molecule has 1 aromatic heterocycles. The average molecular weight is 272 g/mol. The van der Waals surface area contributed by atoms with Crippen molar-refractivity contribution in [2.45, 2.75) is 33.2 Å². The molecule has 2 aromatic rings. The molecule has 0 spiro atoms. The summed E-state index contributed by atoms with van der Waals surface area (Å²) < 4.78 is 5.87. The molecule has 0 atom stereocenters. The second-order valence-electron chi connectivity index (χ2n) is 5.55. The molecule has 0 amide bonds. The van der Waals surface area contributed by atoms with Crippen LogP contribution in [0, 0.1) is 5.92 Å². The number of rotatable bonds is 7. The van der Waals surface area contributed by atoms with Crippen molar-refractivity contribution in [3.05, 3.63) is 36.0 Å². The van der Waals surface area contributed by atoms with Crippen LogP contribution in [0.5, 0.6) is 5.88 Å². The summed E-state index contributed by atoms with van der Waals surface area (Å²) >= 11 is 0. The lowest BCUT2D eigenvalue weighted by Crippen LogP contribution is -2.07. The second kappa shape index (κ2) is 7.25. The van der Waals surface area contributed by atoms with Crippen molar-refractivity contribution in [3.63, 3.8) is 0 Å². The van der Waals surface area contributed by atoms with Gasteiger partial charge in [0.2, 0.25) is 5.88 Å². The standard InChI is InChI=1S/C17H24N2O/c1-13(2)7-6-10-20-17-16-9-5-4-8-15(16)14(11-18-3)12-19-17/h4-5,8-9,12-13,18H,6-7,10-11H2,1-3H3. The minimum absolute atomic E-state index is 0.723. The molecule has 1 heterocycles. The fourth-order valence-electron chi connectivity index (χ4n) is 2.33. The molecule has 108 valence electrons. The Balaban J connectivity index is 2.15. The summed E-state index contributed by atoms with van der Waals surface area (Å²) in [6, 6.07) is 8.31. The van der Waals surface area contributed by atoms with Crippen molar-refractivity contribution < 1.29 is 4.74 Å². The first-order chi connectivity index (χ1) is 9.72. The normalized spacial score (nSPS) is 11.2.